The highest BCUT2D eigenvalue weighted by molar-refractivity contribution is 8.93. The van der Waals surface area contributed by atoms with E-state index in [-0.39, 0.29) is 50.9 Å². The topological polar surface area (TPSA) is 36.1 Å². The van der Waals surface area contributed by atoms with E-state index in [1.54, 1.807) is 0 Å². The third-order valence-electron chi connectivity index (χ3n) is 1.66. The van der Waals surface area contributed by atoms with Crippen molar-refractivity contribution in [3.63, 3.8) is 0 Å². The number of hydrogen-bond donors (Lipinski definition) is 3. The van der Waals surface area contributed by atoms with Crippen molar-refractivity contribution in [1.29, 1.82) is 0 Å². The summed E-state index contributed by atoms with van der Waals surface area (Å²) in [5.41, 5.74) is 0. The van der Waals surface area contributed by atoms with Crippen molar-refractivity contribution in [2.45, 2.75) is 6.42 Å². The van der Waals surface area contributed by atoms with Gasteiger partial charge in [-0.25, -0.2) is 0 Å². The van der Waals surface area contributed by atoms with Crippen LogP contribution in [0.2, 0.25) is 0 Å². The molecule has 1 aliphatic heterocycles. The maximum Gasteiger partial charge on any atom is 0.00772 e. The van der Waals surface area contributed by atoms with Gasteiger partial charge in [-0.2, -0.15) is 0 Å². The molecule has 13 heavy (non-hydrogen) atoms. The average molecular weight is 386 g/mol. The molecular weight excluding hydrogens is 366 g/mol. The van der Waals surface area contributed by atoms with E-state index in [1.807, 2.05) is 0 Å². The molecule has 0 bridgehead atoms. The Kier molecular flexibility index (Phi) is 24.1. The van der Waals surface area contributed by atoms with Crippen LogP contribution in [-0.2, 0) is 0 Å². The molecule has 0 aromatic heterocycles. The molecule has 1 heterocycles. The Balaban J connectivity index is -0.000000333. The molecule has 6 heteroatoms. The van der Waals surface area contributed by atoms with Crippen LogP contribution < -0.4 is 16.0 Å². The largest absolute Gasteiger partial charge is 0.315 e. The van der Waals surface area contributed by atoms with E-state index >= 15 is 0 Å². The van der Waals surface area contributed by atoms with Crippen LogP contribution in [0.1, 0.15) is 6.42 Å². The monoisotopic (exact) mass is 383 g/mol. The molecule has 0 spiro atoms. The van der Waals surface area contributed by atoms with Gasteiger partial charge in [0.1, 0.15) is 0 Å². The Morgan fingerprint density at radius 3 is 1.15 bits per heavy atom. The molecule has 0 aromatic carbocycles. The minimum Gasteiger partial charge on any atom is -0.315 e. The standard InChI is InChI=1S/C7H17N3.3BrH/c1-2-8-4-6-10-7-5-9-3-1;;;/h8-10H,1-7H2;3*1H. The molecule has 1 fully saturated rings. The molecule has 3 N–H and O–H groups in total. The summed E-state index contributed by atoms with van der Waals surface area (Å²) in [6.45, 7) is 6.71. The summed E-state index contributed by atoms with van der Waals surface area (Å²) in [6, 6.07) is 0. The molecule has 84 valence electrons. The van der Waals surface area contributed by atoms with E-state index in [0.717, 1.165) is 39.3 Å². The van der Waals surface area contributed by atoms with Gasteiger partial charge in [0.25, 0.3) is 0 Å². The van der Waals surface area contributed by atoms with Crippen molar-refractivity contribution < 1.29 is 0 Å². The summed E-state index contributed by atoms with van der Waals surface area (Å²) in [7, 11) is 0. The van der Waals surface area contributed by atoms with Gasteiger partial charge < -0.3 is 16.0 Å². The van der Waals surface area contributed by atoms with Gasteiger partial charge >= 0.3 is 0 Å². The highest BCUT2D eigenvalue weighted by Crippen LogP contribution is 1.74. The van der Waals surface area contributed by atoms with Gasteiger partial charge in [0.2, 0.25) is 0 Å². The van der Waals surface area contributed by atoms with Gasteiger partial charge in [-0.1, -0.05) is 0 Å². The second-order valence-corrected chi connectivity index (χ2v) is 2.60. The lowest BCUT2D eigenvalue weighted by molar-refractivity contribution is 0.532. The Bertz CT molecular complexity index is 52.2. The third-order valence-corrected chi connectivity index (χ3v) is 1.66. The lowest BCUT2D eigenvalue weighted by atomic mass is 10.4. The fraction of sp³-hybridized carbons (Fsp3) is 1.00. The average Bonchev–Trinajstić information content (AvgIpc) is 2.01. The summed E-state index contributed by atoms with van der Waals surface area (Å²) in [5.74, 6) is 0. The SMILES string of the molecule is Br.Br.Br.C1CNCCNCCNC1. The Hall–Kier alpha value is 1.32. The zero-order chi connectivity index (χ0) is 7.07. The van der Waals surface area contributed by atoms with E-state index in [1.165, 1.54) is 6.42 Å². The van der Waals surface area contributed by atoms with Crippen LogP contribution in [0.3, 0.4) is 0 Å². The van der Waals surface area contributed by atoms with Crippen molar-refractivity contribution in [2.75, 3.05) is 39.3 Å². The van der Waals surface area contributed by atoms with Crippen LogP contribution in [0.25, 0.3) is 0 Å². The lowest BCUT2D eigenvalue weighted by Gasteiger charge is -2.10. The Morgan fingerprint density at radius 1 is 0.462 bits per heavy atom. The Labute approximate surface area is 112 Å². The summed E-state index contributed by atoms with van der Waals surface area (Å²) in [4.78, 5) is 0. The Morgan fingerprint density at radius 2 is 0.769 bits per heavy atom. The molecule has 0 atom stereocenters. The lowest BCUT2D eigenvalue weighted by Crippen LogP contribution is -2.36. The normalized spacial score (nSPS) is 18.5. The van der Waals surface area contributed by atoms with Gasteiger partial charge in [-0.15, -0.1) is 50.9 Å². The molecule has 1 rings (SSSR count). The highest BCUT2D eigenvalue weighted by atomic mass is 79.9. The minimum absolute atomic E-state index is 0. The van der Waals surface area contributed by atoms with Crippen molar-refractivity contribution in [1.82, 2.24) is 16.0 Å². The predicted molar refractivity (Wildman–Crippen MR) is 74.2 cm³/mol. The fourth-order valence-corrected chi connectivity index (χ4v) is 1.07. The first kappa shape index (κ1) is 19.8. The van der Waals surface area contributed by atoms with Crippen LogP contribution in [-0.4, -0.2) is 39.3 Å². The molecule has 0 saturated carbocycles. The smallest absolute Gasteiger partial charge is 0.00772 e. The summed E-state index contributed by atoms with van der Waals surface area (Å²) < 4.78 is 0. The number of hydrogen-bond acceptors (Lipinski definition) is 3. The van der Waals surface area contributed by atoms with Gasteiger partial charge in [-0.05, 0) is 19.5 Å². The van der Waals surface area contributed by atoms with Gasteiger partial charge in [-0.3, -0.25) is 0 Å². The second-order valence-electron chi connectivity index (χ2n) is 2.60. The maximum atomic E-state index is 3.35. The van der Waals surface area contributed by atoms with Crippen LogP contribution in [0.4, 0.5) is 0 Å². The van der Waals surface area contributed by atoms with Crippen molar-refractivity contribution >= 4 is 50.9 Å². The van der Waals surface area contributed by atoms with Crippen LogP contribution >= 0.6 is 50.9 Å². The minimum atomic E-state index is 0. The van der Waals surface area contributed by atoms with E-state index in [4.69, 9.17) is 0 Å². The van der Waals surface area contributed by atoms with Crippen molar-refractivity contribution in [3.05, 3.63) is 0 Å². The molecule has 1 saturated heterocycles. The molecule has 0 radical (unpaired) electrons. The van der Waals surface area contributed by atoms with Gasteiger partial charge in [0.05, 0.1) is 0 Å². The first-order chi connectivity index (χ1) is 5.00. The van der Waals surface area contributed by atoms with Crippen LogP contribution in [0.15, 0.2) is 0 Å². The van der Waals surface area contributed by atoms with E-state index in [2.05, 4.69) is 16.0 Å². The van der Waals surface area contributed by atoms with E-state index < -0.39 is 0 Å². The van der Waals surface area contributed by atoms with Crippen LogP contribution in [0, 0.1) is 0 Å². The highest BCUT2D eigenvalue weighted by Gasteiger charge is 1.92. The third kappa shape index (κ3) is 13.3. The first-order valence-electron chi connectivity index (χ1n) is 4.12. The fourth-order valence-electron chi connectivity index (χ4n) is 1.07. The van der Waals surface area contributed by atoms with Crippen LogP contribution in [0.5, 0.6) is 0 Å². The zero-order valence-corrected chi connectivity index (χ0v) is 12.8. The number of halogens is 3. The molecule has 0 aliphatic carbocycles. The summed E-state index contributed by atoms with van der Waals surface area (Å²) >= 11 is 0. The molecule has 1 aliphatic rings. The predicted octanol–water partition coefficient (Wildman–Crippen LogP) is 0.893. The van der Waals surface area contributed by atoms with Crippen molar-refractivity contribution in [3.8, 4) is 0 Å². The van der Waals surface area contributed by atoms with Gasteiger partial charge in [0, 0.05) is 26.2 Å². The molecule has 0 unspecified atom stereocenters. The summed E-state index contributed by atoms with van der Waals surface area (Å²) in [5, 5.41) is 10.0. The maximum absolute atomic E-state index is 3.35. The first-order valence-corrected chi connectivity index (χ1v) is 4.12. The number of rotatable bonds is 0. The quantitative estimate of drug-likeness (QED) is 0.579. The number of nitrogens with one attached hydrogen (secondary N) is 3. The molecule has 3 nitrogen and oxygen atoms in total. The van der Waals surface area contributed by atoms with Gasteiger partial charge in [0.15, 0.2) is 0 Å². The molecule has 0 amide bonds. The molecular formula is C7H20Br3N3. The zero-order valence-electron chi connectivity index (χ0n) is 7.67. The van der Waals surface area contributed by atoms with Crippen molar-refractivity contribution in [2.24, 2.45) is 0 Å². The van der Waals surface area contributed by atoms with E-state index in [9.17, 15) is 0 Å². The molecule has 0 aromatic rings. The summed E-state index contributed by atoms with van der Waals surface area (Å²) in [6.07, 6.45) is 1.25. The second kappa shape index (κ2) is 15.8. The van der Waals surface area contributed by atoms with E-state index in [0.29, 0.717) is 0 Å².